The van der Waals surface area contributed by atoms with Crippen molar-refractivity contribution in [3.63, 3.8) is 0 Å². The van der Waals surface area contributed by atoms with Crippen molar-refractivity contribution in [1.82, 2.24) is 0 Å². The Kier molecular flexibility index (Phi) is 7.64. The maximum atomic E-state index is 5.29. The molecule has 0 heterocycles. The lowest BCUT2D eigenvalue weighted by Crippen LogP contribution is -2.46. The summed E-state index contributed by atoms with van der Waals surface area (Å²) in [4.78, 5) is 0. The normalized spacial score (nSPS) is 13.3. The van der Waals surface area contributed by atoms with E-state index in [0.717, 1.165) is 5.67 Å². The van der Waals surface area contributed by atoms with Crippen molar-refractivity contribution in [3.05, 3.63) is 0 Å². The Morgan fingerprint density at radius 1 is 0.929 bits per heavy atom. The van der Waals surface area contributed by atoms with Crippen molar-refractivity contribution in [2.75, 3.05) is 35.5 Å². The monoisotopic (exact) mass is 240 g/mol. The van der Waals surface area contributed by atoms with Crippen LogP contribution in [0.15, 0.2) is 0 Å². The van der Waals surface area contributed by atoms with E-state index in [2.05, 4.69) is 0 Å². The Labute approximate surface area is 88.8 Å². The summed E-state index contributed by atoms with van der Waals surface area (Å²) in [6.07, 6.45) is 0. The standard InChI is InChI=1S/C7H20O5Si2/c1-8-7(9-2)13-6-14(10-3,11-4)12-5/h7H,6,13H2,1-5H3. The van der Waals surface area contributed by atoms with Crippen LogP contribution in [0.3, 0.4) is 0 Å². The van der Waals surface area contributed by atoms with Crippen LogP contribution < -0.4 is 0 Å². The highest BCUT2D eigenvalue weighted by molar-refractivity contribution is 6.71. The summed E-state index contributed by atoms with van der Waals surface area (Å²) in [5.41, 5.74) is 0.808. The first-order valence-corrected chi connectivity index (χ1v) is 8.14. The molecule has 0 aliphatic carbocycles. The molecule has 7 heteroatoms. The fourth-order valence-corrected chi connectivity index (χ4v) is 6.96. The summed E-state index contributed by atoms with van der Waals surface area (Å²) >= 11 is 0. The van der Waals surface area contributed by atoms with Crippen LogP contribution in [0.5, 0.6) is 0 Å². The zero-order valence-corrected chi connectivity index (χ0v) is 11.9. The first-order valence-electron chi connectivity index (χ1n) is 4.39. The predicted molar refractivity (Wildman–Crippen MR) is 57.9 cm³/mol. The number of hydrogen-bond acceptors (Lipinski definition) is 5. The Bertz CT molecular complexity index is 130. The van der Waals surface area contributed by atoms with Gasteiger partial charge in [0.05, 0.1) is 9.52 Å². The first kappa shape index (κ1) is 14.2. The van der Waals surface area contributed by atoms with Crippen LogP contribution in [0, 0.1) is 0 Å². The third kappa shape index (κ3) is 4.17. The van der Waals surface area contributed by atoms with Gasteiger partial charge in [0.1, 0.15) is 5.91 Å². The van der Waals surface area contributed by atoms with Gasteiger partial charge in [-0.3, -0.25) is 0 Å². The summed E-state index contributed by atoms with van der Waals surface area (Å²) < 4.78 is 26.1. The van der Waals surface area contributed by atoms with Gasteiger partial charge in [-0.15, -0.1) is 0 Å². The van der Waals surface area contributed by atoms with E-state index in [9.17, 15) is 0 Å². The summed E-state index contributed by atoms with van der Waals surface area (Å²) in [7, 11) is 5.13. The molecule has 14 heavy (non-hydrogen) atoms. The average molecular weight is 240 g/mol. The summed E-state index contributed by atoms with van der Waals surface area (Å²) in [6.45, 7) is 0. The fourth-order valence-electron chi connectivity index (χ4n) is 1.18. The lowest BCUT2D eigenvalue weighted by Gasteiger charge is -2.25. The molecule has 0 aliphatic rings. The van der Waals surface area contributed by atoms with Crippen LogP contribution in [-0.4, -0.2) is 59.8 Å². The van der Waals surface area contributed by atoms with Gasteiger partial charge in [0, 0.05) is 41.2 Å². The highest BCUT2D eigenvalue weighted by atomic mass is 28.4. The van der Waals surface area contributed by atoms with Crippen LogP contribution in [0.25, 0.3) is 0 Å². The van der Waals surface area contributed by atoms with Gasteiger partial charge in [0.15, 0.2) is 0 Å². The van der Waals surface area contributed by atoms with Crippen LogP contribution >= 0.6 is 0 Å². The van der Waals surface area contributed by atoms with Gasteiger partial charge in [-0.25, -0.2) is 0 Å². The second-order valence-corrected chi connectivity index (χ2v) is 8.57. The van der Waals surface area contributed by atoms with Crippen molar-refractivity contribution >= 4 is 18.3 Å². The number of ether oxygens (including phenoxy) is 2. The Balaban J connectivity index is 4.04. The van der Waals surface area contributed by atoms with Gasteiger partial charge < -0.3 is 22.8 Å². The molecule has 0 rings (SSSR count). The molecule has 0 saturated carbocycles. The SMILES string of the molecule is COC(OC)[SiH2]C[Si](OC)(OC)OC. The molecule has 0 spiro atoms. The van der Waals surface area contributed by atoms with E-state index in [4.69, 9.17) is 22.8 Å². The zero-order valence-electron chi connectivity index (χ0n) is 9.53. The second-order valence-electron chi connectivity index (χ2n) is 2.74. The molecule has 0 aromatic heterocycles. The molecule has 0 aliphatic heterocycles. The van der Waals surface area contributed by atoms with Crippen molar-refractivity contribution < 1.29 is 22.8 Å². The molecule has 0 aromatic carbocycles. The van der Waals surface area contributed by atoms with E-state index in [-0.39, 0.29) is 5.91 Å². The minimum absolute atomic E-state index is 0.0951. The predicted octanol–water partition coefficient (Wildman–Crippen LogP) is -0.433. The van der Waals surface area contributed by atoms with E-state index in [0.29, 0.717) is 0 Å². The van der Waals surface area contributed by atoms with Crippen molar-refractivity contribution in [2.24, 2.45) is 0 Å². The minimum atomic E-state index is -2.41. The summed E-state index contributed by atoms with van der Waals surface area (Å²) in [5, 5.41) is 0. The number of rotatable bonds is 8. The van der Waals surface area contributed by atoms with Crippen molar-refractivity contribution in [1.29, 1.82) is 0 Å². The van der Waals surface area contributed by atoms with Gasteiger partial charge >= 0.3 is 8.80 Å². The van der Waals surface area contributed by atoms with E-state index >= 15 is 0 Å². The molecule has 0 aromatic rings. The van der Waals surface area contributed by atoms with Crippen LogP contribution in [0.2, 0.25) is 5.67 Å². The molecule has 0 saturated heterocycles. The number of methoxy groups -OCH3 is 2. The highest BCUT2D eigenvalue weighted by Gasteiger charge is 2.38. The van der Waals surface area contributed by atoms with E-state index in [1.165, 1.54) is 0 Å². The molecule has 0 radical (unpaired) electrons. The zero-order chi connectivity index (χ0) is 11.0. The van der Waals surface area contributed by atoms with E-state index in [1.807, 2.05) is 0 Å². The molecule has 0 amide bonds. The molecular weight excluding hydrogens is 220 g/mol. The lowest BCUT2D eigenvalue weighted by atomic mass is 11.3. The summed E-state index contributed by atoms with van der Waals surface area (Å²) in [6, 6.07) is 0. The molecule has 0 bridgehead atoms. The van der Waals surface area contributed by atoms with Crippen molar-refractivity contribution in [2.45, 2.75) is 11.6 Å². The lowest BCUT2D eigenvalue weighted by molar-refractivity contribution is -0.0442. The van der Waals surface area contributed by atoms with Gasteiger partial charge in [-0.2, -0.15) is 0 Å². The third-order valence-corrected chi connectivity index (χ3v) is 8.75. The topological polar surface area (TPSA) is 46.2 Å². The molecule has 0 fully saturated rings. The van der Waals surface area contributed by atoms with Gasteiger partial charge in [0.25, 0.3) is 0 Å². The maximum Gasteiger partial charge on any atom is 0.496 e. The quantitative estimate of drug-likeness (QED) is 0.425. The maximum absolute atomic E-state index is 5.29. The van der Waals surface area contributed by atoms with E-state index < -0.39 is 18.3 Å². The second kappa shape index (κ2) is 7.52. The largest absolute Gasteiger partial charge is 0.496 e. The molecule has 5 nitrogen and oxygen atoms in total. The Morgan fingerprint density at radius 3 is 1.64 bits per heavy atom. The Hall–Kier alpha value is 0.234. The van der Waals surface area contributed by atoms with Crippen LogP contribution in [0.1, 0.15) is 0 Å². The molecular formula is C7H20O5Si2. The molecule has 0 N–H and O–H groups in total. The first-order chi connectivity index (χ1) is 6.67. The third-order valence-electron chi connectivity index (χ3n) is 2.15. The van der Waals surface area contributed by atoms with E-state index in [1.54, 1.807) is 35.5 Å². The average Bonchev–Trinajstić information content (AvgIpc) is 2.26. The summed E-state index contributed by atoms with van der Waals surface area (Å²) in [5.74, 6) is -0.0951. The van der Waals surface area contributed by atoms with Gasteiger partial charge in [0.2, 0.25) is 0 Å². The van der Waals surface area contributed by atoms with Gasteiger partial charge in [-0.1, -0.05) is 0 Å². The van der Waals surface area contributed by atoms with Crippen LogP contribution in [-0.2, 0) is 22.8 Å². The Morgan fingerprint density at radius 2 is 1.36 bits per heavy atom. The highest BCUT2D eigenvalue weighted by Crippen LogP contribution is 2.12. The molecule has 86 valence electrons. The molecule has 0 unspecified atom stereocenters. The van der Waals surface area contributed by atoms with Gasteiger partial charge in [-0.05, 0) is 0 Å². The smallest absolute Gasteiger partial charge is 0.377 e. The minimum Gasteiger partial charge on any atom is -0.377 e. The fraction of sp³-hybridized carbons (Fsp3) is 1.00. The number of hydrogen-bond donors (Lipinski definition) is 0. The van der Waals surface area contributed by atoms with Crippen molar-refractivity contribution in [3.8, 4) is 0 Å². The molecule has 0 atom stereocenters. The van der Waals surface area contributed by atoms with Crippen LogP contribution in [0.4, 0.5) is 0 Å².